The highest BCUT2D eigenvalue weighted by Gasteiger charge is 2.24. The molecule has 32 heavy (non-hydrogen) atoms. The van der Waals surface area contributed by atoms with Crippen molar-refractivity contribution < 1.29 is 4.79 Å². The van der Waals surface area contributed by atoms with Crippen LogP contribution in [0.15, 0.2) is 40.1 Å². The fraction of sp³-hybridized carbons (Fsp3) is 0.333. The van der Waals surface area contributed by atoms with Crippen molar-refractivity contribution in [3.05, 3.63) is 51.9 Å². The van der Waals surface area contributed by atoms with E-state index in [1.54, 1.807) is 17.7 Å². The summed E-state index contributed by atoms with van der Waals surface area (Å²) in [5.41, 5.74) is 5.86. The van der Waals surface area contributed by atoms with Gasteiger partial charge in [0.2, 0.25) is 5.91 Å². The molecule has 1 amide bonds. The van der Waals surface area contributed by atoms with E-state index < -0.39 is 0 Å². The number of pyridine rings is 1. The number of anilines is 1. The Morgan fingerprint density at radius 1 is 1.16 bits per heavy atom. The molecule has 0 atom stereocenters. The SMILES string of the molecule is CC(C)c1nc2sc3c(SCC(=O)Nc4ccc(Br)cc4)ncnc3c2c2c1CCCC2. The van der Waals surface area contributed by atoms with E-state index in [0.29, 0.717) is 11.7 Å². The normalized spacial score (nSPS) is 13.6. The average Bonchev–Trinajstić information content (AvgIpc) is 3.18. The van der Waals surface area contributed by atoms with Gasteiger partial charge in [-0.05, 0) is 67.0 Å². The molecule has 0 spiro atoms. The Kier molecular flexibility index (Phi) is 6.18. The van der Waals surface area contributed by atoms with Gasteiger partial charge in [0.15, 0.2) is 0 Å². The number of halogens is 1. The molecule has 1 aromatic carbocycles. The predicted octanol–water partition coefficient (Wildman–Crippen LogP) is 6.74. The first-order valence-corrected chi connectivity index (χ1v) is 13.4. The molecule has 3 aromatic heterocycles. The smallest absolute Gasteiger partial charge is 0.234 e. The number of aryl methyl sites for hydroxylation is 1. The van der Waals surface area contributed by atoms with Crippen LogP contribution >= 0.6 is 39.0 Å². The van der Waals surface area contributed by atoms with Crippen LogP contribution in [0, 0.1) is 0 Å². The summed E-state index contributed by atoms with van der Waals surface area (Å²) in [5.74, 6) is 0.639. The van der Waals surface area contributed by atoms with E-state index in [2.05, 4.69) is 45.1 Å². The second-order valence-corrected chi connectivity index (χ2v) is 11.2. The second-order valence-electron chi connectivity index (χ2n) is 8.30. The number of aromatic nitrogens is 3. The van der Waals surface area contributed by atoms with Crippen LogP contribution in [0.25, 0.3) is 20.4 Å². The average molecular weight is 528 g/mol. The lowest BCUT2D eigenvalue weighted by molar-refractivity contribution is -0.113. The van der Waals surface area contributed by atoms with E-state index in [-0.39, 0.29) is 5.91 Å². The van der Waals surface area contributed by atoms with Crippen molar-refractivity contribution in [3.63, 3.8) is 0 Å². The molecule has 3 heterocycles. The zero-order valence-corrected chi connectivity index (χ0v) is 21.2. The van der Waals surface area contributed by atoms with Gasteiger partial charge >= 0.3 is 0 Å². The third-order valence-corrected chi connectivity index (χ3v) is 8.46. The van der Waals surface area contributed by atoms with E-state index in [9.17, 15) is 4.79 Å². The molecule has 0 bridgehead atoms. The number of thioether (sulfide) groups is 1. The minimum Gasteiger partial charge on any atom is -0.325 e. The Morgan fingerprint density at radius 3 is 2.66 bits per heavy atom. The lowest BCUT2D eigenvalue weighted by Crippen LogP contribution is -2.14. The predicted molar refractivity (Wildman–Crippen MR) is 137 cm³/mol. The van der Waals surface area contributed by atoms with Crippen molar-refractivity contribution in [3.8, 4) is 0 Å². The van der Waals surface area contributed by atoms with Gasteiger partial charge in [-0.3, -0.25) is 4.79 Å². The summed E-state index contributed by atoms with van der Waals surface area (Å²) in [6.45, 7) is 4.45. The van der Waals surface area contributed by atoms with Gasteiger partial charge < -0.3 is 5.32 Å². The van der Waals surface area contributed by atoms with Crippen LogP contribution in [0.2, 0.25) is 0 Å². The van der Waals surface area contributed by atoms with E-state index in [1.807, 2.05) is 24.3 Å². The molecule has 0 saturated heterocycles. The number of rotatable bonds is 5. The molecular weight excluding hydrogens is 504 g/mol. The Bertz CT molecular complexity index is 1320. The fourth-order valence-electron chi connectivity index (χ4n) is 4.31. The fourth-order valence-corrected chi connectivity index (χ4v) is 6.62. The van der Waals surface area contributed by atoms with Crippen LogP contribution in [0.4, 0.5) is 5.69 Å². The molecule has 5 nitrogen and oxygen atoms in total. The summed E-state index contributed by atoms with van der Waals surface area (Å²) in [5, 5.41) is 4.99. The van der Waals surface area contributed by atoms with Crippen molar-refractivity contribution in [2.45, 2.75) is 50.5 Å². The van der Waals surface area contributed by atoms with Gasteiger partial charge in [-0.15, -0.1) is 11.3 Å². The number of nitrogens with zero attached hydrogens (tertiary/aromatic N) is 3. The van der Waals surface area contributed by atoms with Crippen molar-refractivity contribution in [2.24, 2.45) is 0 Å². The maximum absolute atomic E-state index is 12.5. The molecule has 0 radical (unpaired) electrons. The zero-order chi connectivity index (χ0) is 22.2. The number of amides is 1. The van der Waals surface area contributed by atoms with Gasteiger partial charge in [-0.1, -0.05) is 41.5 Å². The molecule has 0 aliphatic heterocycles. The highest BCUT2D eigenvalue weighted by atomic mass is 79.9. The lowest BCUT2D eigenvalue weighted by atomic mass is 9.86. The van der Waals surface area contributed by atoms with Crippen molar-refractivity contribution >= 4 is 71.1 Å². The van der Waals surface area contributed by atoms with Crippen LogP contribution in [0.3, 0.4) is 0 Å². The summed E-state index contributed by atoms with van der Waals surface area (Å²) in [6.07, 6.45) is 6.25. The summed E-state index contributed by atoms with van der Waals surface area (Å²) in [4.78, 5) is 27.8. The van der Waals surface area contributed by atoms with Gasteiger partial charge in [-0.2, -0.15) is 0 Å². The molecule has 4 aromatic rings. The molecule has 164 valence electrons. The maximum Gasteiger partial charge on any atom is 0.234 e. The van der Waals surface area contributed by atoms with Crippen LogP contribution in [0.5, 0.6) is 0 Å². The third-order valence-electron chi connectivity index (χ3n) is 5.74. The summed E-state index contributed by atoms with van der Waals surface area (Å²) < 4.78 is 2.01. The van der Waals surface area contributed by atoms with Crippen LogP contribution in [0.1, 0.15) is 49.4 Å². The number of carbonyl (C=O) groups excluding carboxylic acids is 1. The quantitative estimate of drug-likeness (QED) is 0.230. The minimum absolute atomic E-state index is 0.0530. The molecule has 0 unspecified atom stereocenters. The van der Waals surface area contributed by atoms with Crippen LogP contribution in [-0.4, -0.2) is 26.6 Å². The molecule has 1 aliphatic carbocycles. The lowest BCUT2D eigenvalue weighted by Gasteiger charge is -2.21. The Labute approximate surface area is 203 Å². The van der Waals surface area contributed by atoms with Gasteiger partial charge in [0, 0.05) is 21.2 Å². The molecule has 1 N–H and O–H groups in total. The number of thiophene rings is 1. The number of fused-ring (bicyclic) bond motifs is 5. The highest BCUT2D eigenvalue weighted by Crippen LogP contribution is 2.42. The summed E-state index contributed by atoms with van der Waals surface area (Å²) in [7, 11) is 0. The first-order chi connectivity index (χ1) is 15.5. The number of hydrogen-bond donors (Lipinski definition) is 1. The maximum atomic E-state index is 12.5. The van der Waals surface area contributed by atoms with Crippen molar-refractivity contribution in [2.75, 3.05) is 11.1 Å². The molecule has 1 aliphatic rings. The number of benzene rings is 1. The van der Waals surface area contributed by atoms with Crippen LogP contribution in [-0.2, 0) is 17.6 Å². The summed E-state index contributed by atoms with van der Waals surface area (Å²) in [6, 6.07) is 7.57. The standard InChI is InChI=1S/C24H23BrN4OS2/c1-13(2)20-17-6-4-3-5-16(17)19-21-22(32-23(19)29-20)24(27-12-26-21)31-11-18(30)28-15-9-7-14(25)8-10-15/h7-10,12-13H,3-6,11H2,1-2H3,(H,28,30). The van der Waals surface area contributed by atoms with Gasteiger partial charge in [0.05, 0.1) is 16.0 Å². The minimum atomic E-state index is -0.0530. The number of hydrogen-bond acceptors (Lipinski definition) is 6. The second kappa shape index (κ2) is 9.08. The third kappa shape index (κ3) is 4.16. The Morgan fingerprint density at radius 2 is 1.91 bits per heavy atom. The van der Waals surface area contributed by atoms with Gasteiger partial charge in [0.1, 0.15) is 16.2 Å². The first-order valence-electron chi connectivity index (χ1n) is 10.8. The van der Waals surface area contributed by atoms with E-state index in [1.165, 1.54) is 46.8 Å². The molecular formula is C24H23BrN4OS2. The topological polar surface area (TPSA) is 67.8 Å². The molecule has 5 rings (SSSR count). The van der Waals surface area contributed by atoms with Crippen molar-refractivity contribution in [1.82, 2.24) is 15.0 Å². The van der Waals surface area contributed by atoms with Gasteiger partial charge in [-0.25, -0.2) is 15.0 Å². The number of nitrogens with one attached hydrogen (secondary N) is 1. The molecule has 0 saturated carbocycles. The molecule has 0 fully saturated rings. The summed E-state index contributed by atoms with van der Waals surface area (Å²) >= 11 is 6.52. The monoisotopic (exact) mass is 526 g/mol. The van der Waals surface area contributed by atoms with Gasteiger partial charge in [0.25, 0.3) is 0 Å². The van der Waals surface area contributed by atoms with E-state index in [4.69, 9.17) is 4.98 Å². The zero-order valence-electron chi connectivity index (χ0n) is 17.9. The molecule has 8 heteroatoms. The van der Waals surface area contributed by atoms with E-state index >= 15 is 0 Å². The first kappa shape index (κ1) is 21.8. The van der Waals surface area contributed by atoms with E-state index in [0.717, 1.165) is 43.1 Å². The Hall–Kier alpha value is -2.03. The van der Waals surface area contributed by atoms with Crippen molar-refractivity contribution in [1.29, 1.82) is 0 Å². The number of carbonyl (C=O) groups is 1. The van der Waals surface area contributed by atoms with Crippen LogP contribution < -0.4 is 5.32 Å². The highest BCUT2D eigenvalue weighted by molar-refractivity contribution is 9.10. The largest absolute Gasteiger partial charge is 0.325 e. The Balaban J connectivity index is 1.47.